The molecule has 0 atom stereocenters. The summed E-state index contributed by atoms with van der Waals surface area (Å²) in [5.41, 5.74) is 0. The van der Waals surface area contributed by atoms with Crippen molar-refractivity contribution in [2.75, 3.05) is 13.2 Å². The van der Waals surface area contributed by atoms with Gasteiger partial charge in [0, 0.05) is 13.2 Å². The molecule has 4 nitrogen and oxygen atoms in total. The molecule has 0 saturated heterocycles. The summed E-state index contributed by atoms with van der Waals surface area (Å²) in [5, 5.41) is 0. The van der Waals surface area contributed by atoms with Crippen LogP contribution in [-0.2, 0) is 8.85 Å². The third-order valence-electron chi connectivity index (χ3n) is 13.8. The van der Waals surface area contributed by atoms with Gasteiger partial charge in [0.2, 0.25) is 0 Å². The Hall–Kier alpha value is 0.856. The standard InChI is InChI=1S/C24H52O4Si.2C12H25.2C4H9.Sn/c1-3-5-7-9-11-13-15-17-19-21-23-27-29(25,26)28-24-22-20-18-16-14-12-10-8-6-4-2;2*1-3-5-7-9-11-12-10-8-6-4-2;2*1-3-4-2;/h25-26H,3-24H2,1-2H3;2*1,3-12H2,2H3;2*1,3-4H2,2H3;. The summed E-state index contributed by atoms with van der Waals surface area (Å²) in [6.45, 7) is 14.8. The van der Waals surface area contributed by atoms with Crippen molar-refractivity contribution >= 4 is 27.4 Å². The molecule has 0 fully saturated rings. The molecule has 0 bridgehead atoms. The monoisotopic (exact) mass is 1000 g/mol. The molecular formula is C56H120O4SiSn. The Labute approximate surface area is 398 Å². The van der Waals surface area contributed by atoms with E-state index in [1.54, 1.807) is 56.3 Å². The number of rotatable bonds is 52. The van der Waals surface area contributed by atoms with Crippen LogP contribution >= 0.6 is 0 Å². The normalized spacial score (nSPS) is 12.0. The maximum atomic E-state index is 9.85. The van der Waals surface area contributed by atoms with Gasteiger partial charge < -0.3 is 18.4 Å². The average Bonchev–Trinajstić information content (AvgIpc) is 3.27. The van der Waals surface area contributed by atoms with E-state index in [-0.39, 0.29) is 0 Å². The molecular weight excluding hydrogens is 883 g/mol. The first-order valence-corrected chi connectivity index (χ1v) is 38.9. The Morgan fingerprint density at radius 3 is 0.645 bits per heavy atom. The summed E-state index contributed by atoms with van der Waals surface area (Å²) >= 11 is -1.89. The van der Waals surface area contributed by atoms with Crippen LogP contribution in [0.3, 0.4) is 0 Å². The van der Waals surface area contributed by atoms with Gasteiger partial charge in [-0.2, -0.15) is 0 Å². The van der Waals surface area contributed by atoms with Crippen molar-refractivity contribution in [2.45, 2.75) is 342 Å². The second kappa shape index (κ2) is 54.5. The topological polar surface area (TPSA) is 58.9 Å². The summed E-state index contributed by atoms with van der Waals surface area (Å²) in [7, 11) is -3.89. The van der Waals surface area contributed by atoms with Gasteiger partial charge in [-0.3, -0.25) is 0 Å². The van der Waals surface area contributed by atoms with Crippen LogP contribution in [0.1, 0.15) is 324 Å². The summed E-state index contributed by atoms with van der Waals surface area (Å²) in [4.78, 5) is 19.7. The molecule has 0 heterocycles. The Morgan fingerprint density at radius 1 is 0.242 bits per heavy atom. The quantitative estimate of drug-likeness (QED) is 0.0471. The molecule has 0 rings (SSSR count). The van der Waals surface area contributed by atoms with E-state index in [1.807, 2.05) is 0 Å². The third-order valence-corrected chi connectivity index (χ3v) is 31.1. The van der Waals surface area contributed by atoms with Crippen LogP contribution in [-0.4, -0.2) is 50.2 Å². The van der Waals surface area contributed by atoms with Gasteiger partial charge in [0.15, 0.2) is 0 Å². The molecule has 62 heavy (non-hydrogen) atoms. The molecule has 0 amide bonds. The Kier molecular flexibility index (Phi) is 57.0. The second-order valence-electron chi connectivity index (χ2n) is 20.2. The zero-order valence-corrected chi connectivity index (χ0v) is 47.9. The van der Waals surface area contributed by atoms with Gasteiger partial charge >= 0.3 is 227 Å². The first kappa shape index (κ1) is 64.9. The van der Waals surface area contributed by atoms with Crippen molar-refractivity contribution in [3.63, 3.8) is 0 Å². The molecule has 2 N–H and O–H groups in total. The van der Waals surface area contributed by atoms with Gasteiger partial charge in [0.05, 0.1) is 0 Å². The zero-order valence-electron chi connectivity index (χ0n) is 44.1. The van der Waals surface area contributed by atoms with Crippen LogP contribution in [0.5, 0.6) is 0 Å². The van der Waals surface area contributed by atoms with E-state index in [2.05, 4.69) is 41.5 Å². The van der Waals surface area contributed by atoms with E-state index in [0.29, 0.717) is 13.2 Å². The molecule has 0 aromatic rings. The SMILES string of the molecule is CCCCCCCCCCCCO[Si](O)(O)OCCCCCCCCCCCC.CCCCCCCCCCC[CH2][Sn]([CH2]CCC)([CH2]CCC)[CH2]CCCCCCCCCCC. The van der Waals surface area contributed by atoms with Crippen molar-refractivity contribution in [1.29, 1.82) is 0 Å². The fraction of sp³-hybridized carbons (Fsp3) is 1.00. The van der Waals surface area contributed by atoms with E-state index in [0.717, 1.165) is 25.7 Å². The van der Waals surface area contributed by atoms with Crippen LogP contribution < -0.4 is 0 Å². The van der Waals surface area contributed by atoms with Gasteiger partial charge in [-0.05, 0) is 12.8 Å². The minimum absolute atomic E-state index is 0.397. The maximum absolute atomic E-state index is 9.85. The van der Waals surface area contributed by atoms with Crippen LogP contribution in [0, 0.1) is 0 Å². The molecule has 0 aromatic heterocycles. The molecule has 6 heteroatoms. The molecule has 0 aliphatic heterocycles. The Bertz CT molecular complexity index is 736. The van der Waals surface area contributed by atoms with E-state index in [9.17, 15) is 9.59 Å². The van der Waals surface area contributed by atoms with Gasteiger partial charge in [-0.1, -0.05) is 129 Å². The van der Waals surface area contributed by atoms with E-state index in [1.165, 1.54) is 218 Å². The van der Waals surface area contributed by atoms with Crippen LogP contribution in [0.4, 0.5) is 0 Å². The first-order valence-electron chi connectivity index (χ1n) is 29.1. The van der Waals surface area contributed by atoms with E-state index >= 15 is 0 Å². The number of hydrogen-bond donors (Lipinski definition) is 2. The predicted molar refractivity (Wildman–Crippen MR) is 284 cm³/mol. The summed E-state index contributed by atoms with van der Waals surface area (Å²) < 4.78 is 17.4. The van der Waals surface area contributed by atoms with Crippen LogP contribution in [0.15, 0.2) is 0 Å². The van der Waals surface area contributed by atoms with E-state index in [4.69, 9.17) is 8.85 Å². The van der Waals surface area contributed by atoms with Crippen LogP contribution in [0.2, 0.25) is 17.7 Å². The number of hydrogen-bond acceptors (Lipinski definition) is 4. The summed E-state index contributed by atoms with van der Waals surface area (Å²) in [5.74, 6) is 0. The molecule has 0 saturated carbocycles. The zero-order chi connectivity index (χ0) is 45.8. The first-order chi connectivity index (χ1) is 30.4. The molecule has 0 aliphatic rings. The molecule has 376 valence electrons. The second-order valence-corrected chi connectivity index (χ2v) is 36.1. The molecule has 0 spiro atoms. The Morgan fingerprint density at radius 2 is 0.419 bits per heavy atom. The van der Waals surface area contributed by atoms with Crippen molar-refractivity contribution in [3.8, 4) is 0 Å². The number of unbranched alkanes of at least 4 members (excludes halogenated alkanes) is 38. The van der Waals surface area contributed by atoms with Crippen molar-refractivity contribution in [1.82, 2.24) is 0 Å². The van der Waals surface area contributed by atoms with Gasteiger partial charge in [0.25, 0.3) is 0 Å². The summed E-state index contributed by atoms with van der Waals surface area (Å²) in [6.07, 6.45) is 61.0. The third kappa shape index (κ3) is 51.8. The molecule has 0 aromatic carbocycles. The van der Waals surface area contributed by atoms with Gasteiger partial charge in [0.1, 0.15) is 0 Å². The van der Waals surface area contributed by atoms with Gasteiger partial charge in [-0.15, -0.1) is 0 Å². The fourth-order valence-electron chi connectivity index (χ4n) is 9.46. The van der Waals surface area contributed by atoms with E-state index < -0.39 is 27.4 Å². The van der Waals surface area contributed by atoms with Crippen molar-refractivity contribution in [2.24, 2.45) is 0 Å². The Balaban J connectivity index is 0. The molecule has 0 radical (unpaired) electrons. The van der Waals surface area contributed by atoms with Crippen LogP contribution in [0.25, 0.3) is 0 Å². The van der Waals surface area contributed by atoms with Crippen molar-refractivity contribution < 1.29 is 18.4 Å². The predicted octanol–water partition coefficient (Wildman–Crippen LogP) is 20.2. The van der Waals surface area contributed by atoms with Gasteiger partial charge in [-0.25, -0.2) is 0 Å². The minimum atomic E-state index is -3.89. The fourth-order valence-corrected chi connectivity index (χ4v) is 26.7. The average molecular weight is 1000 g/mol. The molecule has 0 unspecified atom stereocenters. The van der Waals surface area contributed by atoms with Crippen molar-refractivity contribution in [3.05, 3.63) is 0 Å². The molecule has 0 aliphatic carbocycles. The summed E-state index contributed by atoms with van der Waals surface area (Å²) in [6, 6.07) is 0.